The molecule has 162 valence electrons. The van der Waals surface area contributed by atoms with E-state index in [0.717, 1.165) is 12.8 Å². The fourth-order valence-corrected chi connectivity index (χ4v) is 4.67. The van der Waals surface area contributed by atoms with E-state index in [0.29, 0.717) is 11.7 Å². The summed E-state index contributed by atoms with van der Waals surface area (Å²) in [5, 5.41) is 2.12. The van der Waals surface area contributed by atoms with Gasteiger partial charge in [-0.1, -0.05) is 48.4 Å². The number of hydrogen-bond acceptors (Lipinski definition) is 11. The quantitative estimate of drug-likeness (QED) is 0.123. The Morgan fingerprint density at radius 1 is 1.00 bits per heavy atom. The minimum absolute atomic E-state index is 0. The third-order valence-corrected chi connectivity index (χ3v) is 6.78. The first-order valence-electron chi connectivity index (χ1n) is 7.28. The summed E-state index contributed by atoms with van der Waals surface area (Å²) in [5.74, 6) is 2.39. The largest absolute Gasteiger partial charge is 2.00 e. The summed E-state index contributed by atoms with van der Waals surface area (Å²) in [6, 6.07) is 0. The maximum Gasteiger partial charge on any atom is 2.00 e. The van der Waals surface area contributed by atoms with Gasteiger partial charge in [0.2, 0.25) is 0 Å². The monoisotopic (exact) mass is 552 g/mol. The van der Waals surface area contributed by atoms with Crippen LogP contribution in [-0.4, -0.2) is 46.6 Å². The molecule has 2 saturated carbocycles. The van der Waals surface area contributed by atoms with Gasteiger partial charge >= 0.3 is 75.6 Å². The molecule has 2 aliphatic carbocycles. The van der Waals surface area contributed by atoms with Crippen LogP contribution in [0, 0.1) is 16.7 Å². The molecular formula is C13H20Na2NiO9S4. The molecule has 1 heterocycles. The van der Waals surface area contributed by atoms with Gasteiger partial charge in [0.05, 0.1) is 0 Å². The summed E-state index contributed by atoms with van der Waals surface area (Å²) in [7, 11) is -6.64. The van der Waals surface area contributed by atoms with E-state index in [-0.39, 0.29) is 86.4 Å². The number of hydrogen-bond donors (Lipinski definition) is 0. The van der Waals surface area contributed by atoms with Crippen molar-refractivity contribution < 1.29 is 115 Å². The van der Waals surface area contributed by atoms with Gasteiger partial charge < -0.3 is 18.2 Å². The van der Waals surface area contributed by atoms with Gasteiger partial charge in [0.25, 0.3) is 0 Å². The maximum atomic E-state index is 11.6. The average molecular weight is 553 g/mol. The van der Waals surface area contributed by atoms with Crippen LogP contribution in [-0.2, 0) is 42.1 Å². The van der Waals surface area contributed by atoms with E-state index in [2.05, 4.69) is 32.3 Å². The summed E-state index contributed by atoms with van der Waals surface area (Å²) < 4.78 is 68.2. The van der Waals surface area contributed by atoms with Gasteiger partial charge in [-0.2, -0.15) is 0 Å². The fourth-order valence-electron chi connectivity index (χ4n) is 3.10. The van der Waals surface area contributed by atoms with Crippen LogP contribution in [0.2, 0.25) is 0 Å². The molecule has 0 saturated heterocycles. The molecule has 0 amide bonds. The van der Waals surface area contributed by atoms with E-state index in [4.69, 9.17) is 35.0 Å². The van der Waals surface area contributed by atoms with Crippen LogP contribution < -0.4 is 59.1 Å². The standard InChI is InChI=1S/C10H16O.C3H4S2.2Na.Ni.2H2O4S/c1-9(2)7-4-5-10(9,3)8(11)6-7;1-2-4-5-3-1;;;;2*1-5(2,3)4/h7H,4-6H2,1-3H3;1-2H,3H2;;;;2*(H2,1,2,3,4)/q;;2*+1;+2;;/p-4. The Hall–Kier alpha value is 2.34. The second-order valence-corrected chi connectivity index (χ2v) is 10.4. The van der Waals surface area contributed by atoms with Crippen LogP contribution in [0.4, 0.5) is 0 Å². The molecule has 2 bridgehead atoms. The van der Waals surface area contributed by atoms with Gasteiger partial charge in [0.1, 0.15) is 5.78 Å². The first-order chi connectivity index (χ1) is 11.5. The average Bonchev–Trinajstić information content (AvgIpc) is 3.05. The molecule has 2 unspecified atom stereocenters. The number of ketones is 1. The van der Waals surface area contributed by atoms with Crippen LogP contribution in [0.5, 0.6) is 0 Å². The van der Waals surface area contributed by atoms with Crippen molar-refractivity contribution in [2.24, 2.45) is 16.7 Å². The Morgan fingerprint density at radius 3 is 1.52 bits per heavy atom. The van der Waals surface area contributed by atoms with E-state index in [1.807, 2.05) is 21.6 Å². The number of carbonyl (C=O) groups excluding carboxylic acids is 1. The minimum Gasteiger partial charge on any atom is -0.759 e. The number of rotatable bonds is 0. The molecule has 3 rings (SSSR count). The normalized spacial score (nSPS) is 25.3. The van der Waals surface area contributed by atoms with Crippen molar-refractivity contribution in [2.75, 3.05) is 5.75 Å². The summed E-state index contributed by atoms with van der Waals surface area (Å²) in [6.07, 6.45) is 5.41. The zero-order chi connectivity index (χ0) is 20.8. The van der Waals surface area contributed by atoms with E-state index in [1.54, 1.807) is 0 Å². The van der Waals surface area contributed by atoms with E-state index >= 15 is 0 Å². The summed E-state index contributed by atoms with van der Waals surface area (Å²) in [6.45, 7) is 6.67. The molecule has 2 atom stereocenters. The van der Waals surface area contributed by atoms with Crippen LogP contribution >= 0.6 is 21.6 Å². The van der Waals surface area contributed by atoms with Crippen molar-refractivity contribution in [3.63, 3.8) is 0 Å². The van der Waals surface area contributed by atoms with Crippen molar-refractivity contribution in [1.29, 1.82) is 0 Å². The summed E-state index contributed by atoms with van der Waals surface area (Å²) in [5.41, 5.74) is 0.307. The topological polar surface area (TPSA) is 178 Å². The van der Waals surface area contributed by atoms with Crippen molar-refractivity contribution in [3.05, 3.63) is 11.5 Å². The van der Waals surface area contributed by atoms with E-state index in [1.165, 1.54) is 12.2 Å². The Bertz CT molecular complexity index is 677. The molecule has 1 aliphatic heterocycles. The van der Waals surface area contributed by atoms with E-state index in [9.17, 15) is 4.79 Å². The number of carbonyl (C=O) groups is 1. The van der Waals surface area contributed by atoms with Gasteiger partial charge in [-0.15, -0.1) is 0 Å². The Kier molecular flexibility index (Phi) is 21.4. The Morgan fingerprint density at radius 2 is 1.41 bits per heavy atom. The molecule has 0 aromatic heterocycles. The zero-order valence-electron chi connectivity index (χ0n) is 16.7. The molecule has 0 aromatic carbocycles. The molecular weight excluding hydrogens is 533 g/mol. The molecule has 0 radical (unpaired) electrons. The van der Waals surface area contributed by atoms with Gasteiger partial charge in [-0.3, -0.25) is 21.6 Å². The molecule has 29 heavy (non-hydrogen) atoms. The smallest absolute Gasteiger partial charge is 0.759 e. The zero-order valence-corrected chi connectivity index (χ0v) is 24.9. The molecule has 0 aromatic rings. The third kappa shape index (κ3) is 16.6. The van der Waals surface area contributed by atoms with Gasteiger partial charge in [0, 0.05) is 38.4 Å². The summed E-state index contributed by atoms with van der Waals surface area (Å²) >= 11 is 0. The molecule has 3 aliphatic rings. The van der Waals surface area contributed by atoms with Crippen molar-refractivity contribution in [1.82, 2.24) is 0 Å². The molecule has 0 spiro atoms. The molecule has 2 fully saturated rings. The van der Waals surface area contributed by atoms with Gasteiger partial charge in [-0.25, -0.2) is 0 Å². The van der Waals surface area contributed by atoms with Crippen LogP contribution in [0.3, 0.4) is 0 Å². The third-order valence-electron chi connectivity index (χ3n) is 4.87. The van der Waals surface area contributed by atoms with Crippen molar-refractivity contribution in [2.45, 2.75) is 40.0 Å². The van der Waals surface area contributed by atoms with Gasteiger partial charge in [0.15, 0.2) is 0 Å². The summed E-state index contributed by atoms with van der Waals surface area (Å²) in [4.78, 5) is 11.6. The van der Waals surface area contributed by atoms with Crippen LogP contribution in [0.15, 0.2) is 11.5 Å². The SMILES string of the molecule is C1=CSSC1.CC12CCC(CC1=O)C2(C)C.O=S(=O)([O-])[O-].O=S(=O)([O-])[O-].[Na+].[Na+].[Ni+2]. The van der Waals surface area contributed by atoms with Gasteiger partial charge in [-0.05, 0) is 29.6 Å². The molecule has 0 N–H and O–H groups in total. The van der Waals surface area contributed by atoms with Crippen LogP contribution in [0.1, 0.15) is 40.0 Å². The Balaban J connectivity index is -0.000000151. The first kappa shape index (κ1) is 38.6. The first-order valence-corrected chi connectivity index (χ1v) is 12.3. The van der Waals surface area contributed by atoms with Crippen molar-refractivity contribution >= 4 is 48.2 Å². The second kappa shape index (κ2) is 16.1. The van der Waals surface area contributed by atoms with Crippen LogP contribution in [0.25, 0.3) is 0 Å². The minimum atomic E-state index is -5.17. The van der Waals surface area contributed by atoms with E-state index < -0.39 is 20.8 Å². The predicted molar refractivity (Wildman–Crippen MR) is 94.4 cm³/mol. The number of fused-ring (bicyclic) bond motifs is 2. The molecule has 9 nitrogen and oxygen atoms in total. The Labute approximate surface area is 234 Å². The number of Topliss-reactive ketones (excluding diaryl/α,β-unsaturated/α-hetero) is 1. The molecule has 16 heteroatoms. The predicted octanol–water partition coefficient (Wildman–Crippen LogP) is -4.37. The maximum absolute atomic E-state index is 11.6. The second-order valence-electron chi connectivity index (χ2n) is 6.49. The fraction of sp³-hybridized carbons (Fsp3) is 0.769. The van der Waals surface area contributed by atoms with Crippen molar-refractivity contribution in [3.8, 4) is 0 Å².